The average Bonchev–Trinajstić information content (AvgIpc) is 3.81. The lowest BCUT2D eigenvalue weighted by Gasteiger charge is -2.51. The van der Waals surface area contributed by atoms with Crippen LogP contribution in [-0.4, -0.2) is 75.5 Å². The monoisotopic (exact) mass is 896 g/mol. The first-order valence-electron chi connectivity index (χ1n) is 24.9. The number of carbonyl (C=O) groups is 2. The quantitative estimate of drug-likeness (QED) is 0.0714. The van der Waals surface area contributed by atoms with E-state index in [1.165, 1.54) is 32.8 Å². The highest BCUT2D eigenvalue weighted by atomic mass is 16.5. The van der Waals surface area contributed by atoms with Gasteiger partial charge in [-0.25, -0.2) is 4.98 Å². The van der Waals surface area contributed by atoms with E-state index in [1.54, 1.807) is 12.3 Å². The zero-order chi connectivity index (χ0) is 46.0. The van der Waals surface area contributed by atoms with Crippen molar-refractivity contribution in [2.45, 2.75) is 139 Å². The van der Waals surface area contributed by atoms with Crippen LogP contribution in [-0.2, 0) is 16.0 Å². The van der Waals surface area contributed by atoms with E-state index in [2.05, 4.69) is 52.5 Å². The molecular formula is C56H69N3O7. The van der Waals surface area contributed by atoms with Gasteiger partial charge in [0.15, 0.2) is 17.3 Å². The molecule has 4 aliphatic carbocycles. The molecule has 1 saturated heterocycles. The number of nitrogens with one attached hydrogen (secondary N) is 1. The van der Waals surface area contributed by atoms with Gasteiger partial charge in [-0.1, -0.05) is 67.1 Å². The van der Waals surface area contributed by atoms with Gasteiger partial charge in [0, 0.05) is 49.9 Å². The number of nitrogens with two attached hydrogens (primary N) is 1. The van der Waals surface area contributed by atoms with Gasteiger partial charge in [0.25, 0.3) is 0 Å². The molecule has 1 aliphatic heterocycles. The molecule has 1 spiro atoms. The SMILES string of the molecule is COc1cc2c(cc1O)[C@@H](CC[C@H](O)C[C@H](c1ccnc(N)c1)c1ccc3ccccc3c1)C#C[C@]1(CC[C@@H](CC3([C@H]4CN[C@@H]5CC(=O)C[C@@H](CCO)[C@H]5C4)CCCC3)C[C@H]1O)C(=O)CC2. The van der Waals surface area contributed by atoms with E-state index in [1.807, 2.05) is 30.3 Å². The molecule has 66 heavy (non-hydrogen) atoms. The van der Waals surface area contributed by atoms with Gasteiger partial charge in [-0.3, -0.25) is 9.59 Å². The van der Waals surface area contributed by atoms with E-state index < -0.39 is 23.5 Å². The molecule has 3 saturated carbocycles. The first-order chi connectivity index (χ1) is 32.0. The number of aliphatic hydroxyl groups excluding tert-OH is 3. The molecule has 2 heterocycles. The Morgan fingerprint density at radius 1 is 0.955 bits per heavy atom. The fourth-order valence-electron chi connectivity index (χ4n) is 13.5. The smallest absolute Gasteiger partial charge is 0.160 e. The van der Waals surface area contributed by atoms with Gasteiger partial charge in [0.05, 0.1) is 19.3 Å². The summed E-state index contributed by atoms with van der Waals surface area (Å²) in [5, 5.41) is 51.3. The molecule has 1 aromatic heterocycles. The summed E-state index contributed by atoms with van der Waals surface area (Å²) in [7, 11) is 1.52. The van der Waals surface area contributed by atoms with Crippen LogP contribution in [0.3, 0.4) is 0 Å². The number of benzene rings is 3. The first kappa shape index (κ1) is 46.3. The summed E-state index contributed by atoms with van der Waals surface area (Å²) in [5.41, 5.74) is 8.89. The second-order valence-corrected chi connectivity index (χ2v) is 20.8. The highest BCUT2D eigenvalue weighted by Gasteiger charge is 2.52. The van der Waals surface area contributed by atoms with Crippen molar-refractivity contribution in [1.82, 2.24) is 10.3 Å². The number of piperidine rings is 1. The average molecular weight is 896 g/mol. The molecule has 4 aromatic rings. The number of fused-ring (bicyclic) bond motifs is 3. The fourth-order valence-corrected chi connectivity index (χ4v) is 13.5. The Bertz CT molecular complexity index is 2450. The van der Waals surface area contributed by atoms with E-state index in [4.69, 9.17) is 10.5 Å². The van der Waals surface area contributed by atoms with Crippen molar-refractivity contribution in [3.8, 4) is 23.3 Å². The number of pyridine rings is 1. The number of hydrogen-bond acceptors (Lipinski definition) is 10. The Hall–Kier alpha value is -4.79. The van der Waals surface area contributed by atoms with Crippen LogP contribution in [0.25, 0.3) is 10.8 Å². The number of phenolic OH excluding ortho intramolecular Hbond substituents is 1. The molecule has 350 valence electrons. The molecule has 7 N–H and O–H groups in total. The van der Waals surface area contributed by atoms with Gasteiger partial charge in [-0.15, -0.1) is 0 Å². The molecule has 4 fully saturated rings. The van der Waals surface area contributed by atoms with E-state index in [0.717, 1.165) is 58.8 Å². The molecule has 10 atom stereocenters. The van der Waals surface area contributed by atoms with Crippen molar-refractivity contribution in [3.63, 3.8) is 0 Å². The summed E-state index contributed by atoms with van der Waals surface area (Å²) in [6.45, 7) is 1.02. The van der Waals surface area contributed by atoms with Gasteiger partial charge >= 0.3 is 0 Å². The topological polar surface area (TPSA) is 175 Å². The Kier molecular flexibility index (Phi) is 13.9. The third kappa shape index (κ3) is 9.51. The highest BCUT2D eigenvalue weighted by Crippen LogP contribution is 2.56. The molecule has 10 nitrogen and oxygen atoms in total. The molecule has 0 unspecified atom stereocenters. The second-order valence-electron chi connectivity index (χ2n) is 20.8. The molecule has 10 heteroatoms. The van der Waals surface area contributed by atoms with Crippen LogP contribution >= 0.6 is 0 Å². The number of Topliss-reactive ketones (excluding diaryl/α,β-unsaturated/α-hetero) is 2. The molecule has 0 bridgehead atoms. The minimum Gasteiger partial charge on any atom is -0.504 e. The number of ketones is 2. The van der Waals surface area contributed by atoms with Crippen molar-refractivity contribution in [3.05, 3.63) is 95.2 Å². The predicted molar refractivity (Wildman–Crippen MR) is 257 cm³/mol. The van der Waals surface area contributed by atoms with Gasteiger partial charge in [-0.2, -0.15) is 0 Å². The number of anilines is 1. The van der Waals surface area contributed by atoms with E-state index in [9.17, 15) is 30.0 Å². The molecule has 3 aromatic carbocycles. The van der Waals surface area contributed by atoms with Crippen molar-refractivity contribution >= 4 is 28.2 Å². The number of aromatic hydroxyl groups is 1. The number of carbonyl (C=O) groups excluding carboxylic acids is 2. The molecule has 9 rings (SSSR count). The Morgan fingerprint density at radius 2 is 1.76 bits per heavy atom. The number of aromatic nitrogens is 1. The largest absolute Gasteiger partial charge is 0.504 e. The predicted octanol–water partition coefficient (Wildman–Crippen LogP) is 8.55. The lowest BCUT2D eigenvalue weighted by Crippen LogP contribution is -2.55. The normalized spacial score (nSPS) is 29.4. The number of rotatable bonds is 13. The van der Waals surface area contributed by atoms with Gasteiger partial charge < -0.3 is 36.2 Å². The number of nitrogens with zero attached hydrogens (tertiary/aromatic N) is 1. The zero-order valence-electron chi connectivity index (χ0n) is 38.6. The summed E-state index contributed by atoms with van der Waals surface area (Å²) in [6.07, 6.45) is 12.6. The summed E-state index contributed by atoms with van der Waals surface area (Å²) in [6, 6.07) is 22.2. The van der Waals surface area contributed by atoms with Crippen LogP contribution in [0.2, 0.25) is 0 Å². The van der Waals surface area contributed by atoms with Gasteiger partial charge in [0.1, 0.15) is 17.0 Å². The number of aryl methyl sites for hydroxylation is 1. The summed E-state index contributed by atoms with van der Waals surface area (Å²) in [5.74, 6) is 8.83. The maximum absolute atomic E-state index is 14.6. The van der Waals surface area contributed by atoms with Crippen LogP contribution < -0.4 is 15.8 Å². The minimum atomic E-state index is -1.20. The Balaban J connectivity index is 0.948. The summed E-state index contributed by atoms with van der Waals surface area (Å²) in [4.78, 5) is 31.4. The van der Waals surface area contributed by atoms with Crippen molar-refractivity contribution < 1.29 is 34.8 Å². The standard InChI is InChI=1S/C56H69N3O7/c1-66-51-27-40-11-13-52(64)56(20-14-35(24-53(56)65)33-55(18-4-5-19-55)43-29-48-42(17-23-60)26-45(62)31-49(48)59-34-43)21-15-37(47(40)32-50(51)63)10-12-44(61)30-46(41-16-22-58-54(57)28-41)39-9-8-36-6-2-3-7-38(36)25-39/h2-3,6-9,16,22,25,27-28,32,35,37,42-44,46,48-49,53,59-61,63,65H,4-5,10-14,17-20,23-24,26,29-31,33-34H2,1H3,(H2,57,58)/t35-,37+,42-,43-,44+,46+,48-,49-,53-,56-/m1/s1. The number of phenols is 1. The summed E-state index contributed by atoms with van der Waals surface area (Å²) < 4.78 is 5.54. The van der Waals surface area contributed by atoms with Crippen LogP contribution in [0.4, 0.5) is 5.82 Å². The Morgan fingerprint density at radius 3 is 2.53 bits per heavy atom. The second kappa shape index (κ2) is 19.8. The molecule has 0 radical (unpaired) electrons. The van der Waals surface area contributed by atoms with Crippen molar-refractivity contribution in [2.75, 3.05) is 26.0 Å². The van der Waals surface area contributed by atoms with Gasteiger partial charge in [-0.05, 0) is 170 Å². The zero-order valence-corrected chi connectivity index (χ0v) is 38.6. The number of ether oxygens (including phenoxy) is 1. The van der Waals surface area contributed by atoms with Crippen molar-refractivity contribution in [1.29, 1.82) is 0 Å². The molecule has 5 aliphatic rings. The third-order valence-corrected chi connectivity index (χ3v) is 17.1. The van der Waals surface area contributed by atoms with Crippen LogP contribution in [0, 0.1) is 46.3 Å². The first-order valence-corrected chi connectivity index (χ1v) is 24.9. The number of nitrogen functional groups attached to an aromatic ring is 1. The lowest BCUT2D eigenvalue weighted by molar-refractivity contribution is -0.135. The fraction of sp³-hybridized carbons (Fsp3) is 0.554. The van der Waals surface area contributed by atoms with E-state index >= 15 is 0 Å². The number of methoxy groups -OCH3 is 1. The maximum atomic E-state index is 14.6. The maximum Gasteiger partial charge on any atom is 0.160 e. The van der Waals surface area contributed by atoms with Crippen molar-refractivity contribution in [2.24, 2.45) is 34.5 Å². The molecular weight excluding hydrogens is 827 g/mol. The van der Waals surface area contributed by atoms with Crippen LogP contribution in [0.15, 0.2) is 72.9 Å². The molecule has 0 amide bonds. The summed E-state index contributed by atoms with van der Waals surface area (Å²) >= 11 is 0. The van der Waals surface area contributed by atoms with Crippen LogP contribution in [0.1, 0.15) is 137 Å². The van der Waals surface area contributed by atoms with E-state index in [-0.39, 0.29) is 53.8 Å². The lowest BCUT2D eigenvalue weighted by atomic mass is 9.57. The Labute approximate surface area is 390 Å². The van der Waals surface area contributed by atoms with E-state index in [0.29, 0.717) is 87.0 Å². The van der Waals surface area contributed by atoms with Gasteiger partial charge in [0.2, 0.25) is 0 Å². The highest BCUT2D eigenvalue weighted by molar-refractivity contribution is 5.89. The third-order valence-electron chi connectivity index (χ3n) is 17.1. The van der Waals surface area contributed by atoms with Crippen LogP contribution in [0.5, 0.6) is 11.5 Å². The number of aliphatic hydroxyl groups is 3. The minimum absolute atomic E-state index is 0.00138. The number of hydrogen-bond donors (Lipinski definition) is 6.